The summed E-state index contributed by atoms with van der Waals surface area (Å²) in [6.07, 6.45) is 0.316. The van der Waals surface area contributed by atoms with Crippen LogP contribution in [-0.2, 0) is 4.79 Å². The number of hydrogen-bond acceptors (Lipinski definition) is 1. The molecule has 1 fully saturated rings. The number of carbonyl (C=O) groups is 1. The maximum atomic E-state index is 12.1. The number of carbonyl (C=O) groups excluding carboxylic acids is 1. The molecule has 1 heterocycles. The summed E-state index contributed by atoms with van der Waals surface area (Å²) in [5.41, 5.74) is 0. The maximum Gasteiger partial charge on any atom is 0.282 e. The lowest BCUT2D eigenvalue weighted by Crippen LogP contribution is -2.58. The lowest BCUT2D eigenvalue weighted by atomic mass is 10.1. The van der Waals surface area contributed by atoms with Crippen LogP contribution in [0.25, 0.3) is 0 Å². The standard InChI is InChI=1S/C6H9F2NO.C2H6/c1-2-5(10)9-3-6(7,8)4-9;1-2/h2-4H2,1H3;1-2H3. The molecule has 1 aliphatic heterocycles. The average molecular weight is 179 g/mol. The normalized spacial score (nSPS) is 18.9. The van der Waals surface area contributed by atoms with Gasteiger partial charge in [-0.3, -0.25) is 4.79 Å². The van der Waals surface area contributed by atoms with E-state index in [1.165, 1.54) is 4.90 Å². The van der Waals surface area contributed by atoms with Crippen molar-refractivity contribution in [1.82, 2.24) is 4.90 Å². The van der Waals surface area contributed by atoms with E-state index in [2.05, 4.69) is 0 Å². The second-order valence-corrected chi connectivity index (χ2v) is 2.46. The molecular weight excluding hydrogens is 164 g/mol. The molecule has 0 spiro atoms. The van der Waals surface area contributed by atoms with Crippen LogP contribution in [-0.4, -0.2) is 29.8 Å². The van der Waals surface area contributed by atoms with Crippen LogP contribution in [0.5, 0.6) is 0 Å². The first kappa shape index (κ1) is 11.3. The summed E-state index contributed by atoms with van der Waals surface area (Å²) < 4.78 is 24.2. The van der Waals surface area contributed by atoms with Crippen molar-refractivity contribution in [3.63, 3.8) is 0 Å². The quantitative estimate of drug-likeness (QED) is 0.602. The summed E-state index contributed by atoms with van der Waals surface area (Å²) in [6, 6.07) is 0. The highest BCUT2D eigenvalue weighted by atomic mass is 19.3. The minimum Gasteiger partial charge on any atom is -0.330 e. The Bertz CT molecular complexity index is 151. The fourth-order valence-electron chi connectivity index (χ4n) is 0.912. The third-order valence-electron chi connectivity index (χ3n) is 1.50. The van der Waals surface area contributed by atoms with Gasteiger partial charge in [-0.1, -0.05) is 20.8 Å². The highest BCUT2D eigenvalue weighted by Crippen LogP contribution is 2.26. The summed E-state index contributed by atoms with van der Waals surface area (Å²) in [5, 5.41) is 0. The first-order valence-corrected chi connectivity index (χ1v) is 4.21. The molecule has 4 heteroatoms. The van der Waals surface area contributed by atoms with E-state index in [4.69, 9.17) is 0 Å². The van der Waals surface area contributed by atoms with E-state index in [0.29, 0.717) is 6.42 Å². The van der Waals surface area contributed by atoms with Gasteiger partial charge in [0.1, 0.15) is 0 Å². The second kappa shape index (κ2) is 4.38. The van der Waals surface area contributed by atoms with E-state index < -0.39 is 5.92 Å². The zero-order chi connectivity index (χ0) is 9.78. The van der Waals surface area contributed by atoms with Crippen molar-refractivity contribution in [1.29, 1.82) is 0 Å². The molecule has 0 unspecified atom stereocenters. The molecule has 1 amide bonds. The van der Waals surface area contributed by atoms with Gasteiger partial charge in [-0.15, -0.1) is 0 Å². The molecule has 0 bridgehead atoms. The highest BCUT2D eigenvalue weighted by Gasteiger charge is 2.45. The van der Waals surface area contributed by atoms with Crippen molar-refractivity contribution >= 4 is 5.91 Å². The van der Waals surface area contributed by atoms with E-state index in [1.54, 1.807) is 6.92 Å². The fourth-order valence-corrected chi connectivity index (χ4v) is 0.912. The first-order chi connectivity index (χ1) is 5.55. The van der Waals surface area contributed by atoms with Crippen LogP contribution in [0.4, 0.5) is 8.78 Å². The minimum absolute atomic E-state index is 0.189. The molecule has 0 saturated carbocycles. The van der Waals surface area contributed by atoms with E-state index in [1.807, 2.05) is 13.8 Å². The molecule has 0 atom stereocenters. The SMILES string of the molecule is CC.CCC(=O)N1CC(F)(F)C1. The van der Waals surface area contributed by atoms with Crippen LogP contribution in [0, 0.1) is 0 Å². The summed E-state index contributed by atoms with van der Waals surface area (Å²) in [4.78, 5) is 11.8. The van der Waals surface area contributed by atoms with E-state index in [0.717, 1.165) is 0 Å². The zero-order valence-electron chi connectivity index (χ0n) is 7.73. The second-order valence-electron chi connectivity index (χ2n) is 2.46. The minimum atomic E-state index is -2.62. The van der Waals surface area contributed by atoms with Gasteiger partial charge < -0.3 is 4.90 Å². The Morgan fingerprint density at radius 1 is 1.42 bits per heavy atom. The van der Waals surface area contributed by atoms with Gasteiger partial charge in [0.15, 0.2) is 0 Å². The van der Waals surface area contributed by atoms with Gasteiger partial charge in [-0.05, 0) is 0 Å². The lowest BCUT2D eigenvalue weighted by molar-refractivity contribution is -0.165. The third-order valence-corrected chi connectivity index (χ3v) is 1.50. The van der Waals surface area contributed by atoms with Crippen molar-refractivity contribution in [3.05, 3.63) is 0 Å². The number of alkyl halides is 2. The number of likely N-dealkylation sites (tertiary alicyclic amines) is 1. The van der Waals surface area contributed by atoms with Crippen molar-refractivity contribution in [2.75, 3.05) is 13.1 Å². The zero-order valence-corrected chi connectivity index (χ0v) is 7.73. The predicted octanol–water partition coefficient (Wildman–Crippen LogP) is 1.90. The molecule has 1 rings (SSSR count). The Kier molecular flexibility index (Phi) is 4.13. The molecule has 1 aliphatic rings. The smallest absolute Gasteiger partial charge is 0.282 e. The van der Waals surface area contributed by atoms with Gasteiger partial charge in [-0.25, -0.2) is 8.78 Å². The van der Waals surface area contributed by atoms with Gasteiger partial charge in [0.25, 0.3) is 5.92 Å². The number of halogens is 2. The summed E-state index contributed by atoms with van der Waals surface area (Å²) in [6.45, 7) is 4.89. The van der Waals surface area contributed by atoms with Crippen LogP contribution in [0.2, 0.25) is 0 Å². The Hall–Kier alpha value is -0.670. The van der Waals surface area contributed by atoms with Gasteiger partial charge in [0, 0.05) is 6.42 Å². The Labute approximate surface area is 71.5 Å². The van der Waals surface area contributed by atoms with E-state index in [9.17, 15) is 13.6 Å². The number of hydrogen-bond donors (Lipinski definition) is 0. The molecule has 0 radical (unpaired) electrons. The molecule has 0 aromatic carbocycles. The Balaban J connectivity index is 0.000000561. The van der Waals surface area contributed by atoms with Gasteiger partial charge >= 0.3 is 0 Å². The van der Waals surface area contributed by atoms with Gasteiger partial charge in [-0.2, -0.15) is 0 Å². The van der Waals surface area contributed by atoms with E-state index in [-0.39, 0.29) is 19.0 Å². The molecular formula is C8H15F2NO. The summed E-state index contributed by atoms with van der Waals surface area (Å²) in [7, 11) is 0. The van der Waals surface area contributed by atoms with Crippen LogP contribution in [0.1, 0.15) is 27.2 Å². The van der Waals surface area contributed by atoms with Crippen LogP contribution in [0.3, 0.4) is 0 Å². The molecule has 72 valence electrons. The summed E-state index contributed by atoms with van der Waals surface area (Å²) in [5.74, 6) is -2.81. The first-order valence-electron chi connectivity index (χ1n) is 4.21. The van der Waals surface area contributed by atoms with Crippen molar-refractivity contribution in [3.8, 4) is 0 Å². The highest BCUT2D eigenvalue weighted by molar-refractivity contribution is 5.76. The van der Waals surface area contributed by atoms with E-state index >= 15 is 0 Å². The third kappa shape index (κ3) is 2.75. The predicted molar refractivity (Wildman–Crippen MR) is 43.2 cm³/mol. The lowest BCUT2D eigenvalue weighted by Gasteiger charge is -2.38. The van der Waals surface area contributed by atoms with Crippen LogP contribution < -0.4 is 0 Å². The average Bonchev–Trinajstić information content (AvgIpc) is 2.02. The monoisotopic (exact) mass is 179 g/mol. The van der Waals surface area contributed by atoms with Crippen molar-refractivity contribution in [2.24, 2.45) is 0 Å². The molecule has 0 aliphatic carbocycles. The summed E-state index contributed by atoms with van der Waals surface area (Å²) >= 11 is 0. The molecule has 0 aromatic rings. The van der Waals surface area contributed by atoms with Crippen LogP contribution in [0.15, 0.2) is 0 Å². The number of nitrogens with zero attached hydrogens (tertiary/aromatic N) is 1. The largest absolute Gasteiger partial charge is 0.330 e. The maximum absolute atomic E-state index is 12.1. The Morgan fingerprint density at radius 2 is 1.83 bits per heavy atom. The van der Waals surface area contributed by atoms with Gasteiger partial charge in [0.05, 0.1) is 13.1 Å². The topological polar surface area (TPSA) is 20.3 Å². The fraction of sp³-hybridized carbons (Fsp3) is 0.875. The molecule has 0 aromatic heterocycles. The number of amides is 1. The number of rotatable bonds is 1. The van der Waals surface area contributed by atoms with Crippen LogP contribution >= 0.6 is 0 Å². The van der Waals surface area contributed by atoms with Crippen molar-refractivity contribution in [2.45, 2.75) is 33.1 Å². The molecule has 1 saturated heterocycles. The molecule has 12 heavy (non-hydrogen) atoms. The molecule has 0 N–H and O–H groups in total. The Morgan fingerprint density at radius 3 is 2.08 bits per heavy atom. The molecule has 2 nitrogen and oxygen atoms in total. The van der Waals surface area contributed by atoms with Gasteiger partial charge in [0.2, 0.25) is 5.91 Å². The van der Waals surface area contributed by atoms with Crippen molar-refractivity contribution < 1.29 is 13.6 Å².